The summed E-state index contributed by atoms with van der Waals surface area (Å²) in [7, 11) is 0. The van der Waals surface area contributed by atoms with Crippen LogP contribution in [-0.4, -0.2) is 15.0 Å². The van der Waals surface area contributed by atoms with Gasteiger partial charge in [0.2, 0.25) is 0 Å². The predicted octanol–water partition coefficient (Wildman–Crippen LogP) is 6.62. The van der Waals surface area contributed by atoms with Crippen molar-refractivity contribution < 1.29 is 0 Å². The number of aromatic nitrogens is 3. The van der Waals surface area contributed by atoms with Crippen LogP contribution in [0.4, 0.5) is 0 Å². The molecule has 0 N–H and O–H groups in total. The van der Waals surface area contributed by atoms with Crippen LogP contribution in [0.5, 0.6) is 0 Å². The van der Waals surface area contributed by atoms with Crippen molar-refractivity contribution in [1.29, 1.82) is 0 Å². The van der Waals surface area contributed by atoms with Crippen LogP contribution in [0.2, 0.25) is 0 Å². The van der Waals surface area contributed by atoms with Crippen LogP contribution in [0.25, 0.3) is 0 Å². The van der Waals surface area contributed by atoms with Crippen LogP contribution < -0.4 is 0 Å². The van der Waals surface area contributed by atoms with Crippen LogP contribution in [0.3, 0.4) is 0 Å². The lowest BCUT2D eigenvalue weighted by atomic mass is 9.87. The Morgan fingerprint density at radius 2 is 0.941 bits per heavy atom. The standard InChI is InChI=1S/C31H27N3/c1-3-11-26(12-4-1)28(30-15-7-9-17-33-30)20-24-19-25(23-32-22-24)21-29(27-13-5-2-6-14-27)31-16-8-10-18-34-31/h1-19,22-23,28-29H,20-21H2/t28-,29-/m0/s1. The van der Waals surface area contributed by atoms with Crippen molar-refractivity contribution in [3.8, 4) is 0 Å². The molecule has 3 heterocycles. The van der Waals surface area contributed by atoms with Crippen molar-refractivity contribution in [2.75, 3.05) is 0 Å². The van der Waals surface area contributed by atoms with Crippen molar-refractivity contribution in [3.63, 3.8) is 0 Å². The molecule has 0 amide bonds. The Kier molecular flexibility index (Phi) is 6.82. The van der Waals surface area contributed by atoms with Crippen molar-refractivity contribution >= 4 is 0 Å². The zero-order valence-corrected chi connectivity index (χ0v) is 19.0. The summed E-state index contributed by atoms with van der Waals surface area (Å²) in [6, 6.07) is 35.8. The monoisotopic (exact) mass is 441 g/mol. The second-order valence-corrected chi connectivity index (χ2v) is 8.55. The number of hydrogen-bond acceptors (Lipinski definition) is 3. The molecule has 0 bridgehead atoms. The largest absolute Gasteiger partial charge is 0.264 e. The molecule has 3 nitrogen and oxygen atoms in total. The van der Waals surface area contributed by atoms with E-state index in [2.05, 4.69) is 106 Å². The van der Waals surface area contributed by atoms with E-state index in [0.717, 1.165) is 24.2 Å². The molecule has 0 spiro atoms. The number of benzene rings is 2. The number of hydrogen-bond donors (Lipinski definition) is 0. The summed E-state index contributed by atoms with van der Waals surface area (Å²) in [5, 5.41) is 0. The molecule has 0 aliphatic heterocycles. The zero-order valence-electron chi connectivity index (χ0n) is 19.0. The molecular weight excluding hydrogens is 414 g/mol. The fraction of sp³-hybridized carbons (Fsp3) is 0.129. The summed E-state index contributed by atoms with van der Waals surface area (Å²) in [5.41, 5.74) is 7.11. The van der Waals surface area contributed by atoms with Gasteiger partial charge in [-0.2, -0.15) is 0 Å². The van der Waals surface area contributed by atoms with Gasteiger partial charge in [0.25, 0.3) is 0 Å². The summed E-state index contributed by atoms with van der Waals surface area (Å²) in [5.74, 6) is 0.361. The zero-order chi connectivity index (χ0) is 23.0. The number of pyridine rings is 3. The minimum Gasteiger partial charge on any atom is -0.264 e. The van der Waals surface area contributed by atoms with Gasteiger partial charge in [-0.25, -0.2) is 0 Å². The lowest BCUT2D eigenvalue weighted by Crippen LogP contribution is -2.09. The Hall–Kier alpha value is -4.11. The Bertz CT molecular complexity index is 1110. The van der Waals surface area contributed by atoms with E-state index in [-0.39, 0.29) is 11.8 Å². The Morgan fingerprint density at radius 3 is 1.35 bits per heavy atom. The van der Waals surface area contributed by atoms with Gasteiger partial charge in [-0.15, -0.1) is 0 Å². The molecular formula is C31H27N3. The van der Waals surface area contributed by atoms with E-state index in [4.69, 9.17) is 0 Å². The minimum atomic E-state index is 0.181. The first-order valence-corrected chi connectivity index (χ1v) is 11.7. The molecule has 166 valence electrons. The second-order valence-electron chi connectivity index (χ2n) is 8.55. The molecule has 34 heavy (non-hydrogen) atoms. The molecule has 0 aliphatic carbocycles. The van der Waals surface area contributed by atoms with Crippen LogP contribution in [0.15, 0.2) is 128 Å². The highest BCUT2D eigenvalue weighted by Gasteiger charge is 2.19. The number of nitrogens with zero attached hydrogens (tertiary/aromatic N) is 3. The molecule has 2 atom stereocenters. The molecule has 0 radical (unpaired) electrons. The Balaban J connectivity index is 1.44. The van der Waals surface area contributed by atoms with Gasteiger partial charge in [-0.1, -0.05) is 78.9 Å². The summed E-state index contributed by atoms with van der Waals surface area (Å²) in [4.78, 5) is 14.0. The van der Waals surface area contributed by atoms with Gasteiger partial charge >= 0.3 is 0 Å². The molecule has 0 fully saturated rings. The number of rotatable bonds is 8. The third kappa shape index (κ3) is 5.26. The smallest absolute Gasteiger partial charge is 0.0481 e. The van der Waals surface area contributed by atoms with Crippen molar-refractivity contribution in [2.24, 2.45) is 0 Å². The molecule has 2 aromatic carbocycles. The van der Waals surface area contributed by atoms with Gasteiger partial charge in [-0.3, -0.25) is 15.0 Å². The van der Waals surface area contributed by atoms with Gasteiger partial charge in [0.05, 0.1) is 0 Å². The van der Waals surface area contributed by atoms with E-state index < -0.39 is 0 Å². The summed E-state index contributed by atoms with van der Waals surface area (Å²) >= 11 is 0. The highest BCUT2D eigenvalue weighted by Crippen LogP contribution is 2.30. The third-order valence-corrected chi connectivity index (χ3v) is 6.22. The van der Waals surface area contributed by atoms with Crippen molar-refractivity contribution in [2.45, 2.75) is 24.7 Å². The lowest BCUT2D eigenvalue weighted by Gasteiger charge is -2.19. The van der Waals surface area contributed by atoms with E-state index in [1.165, 1.54) is 22.3 Å². The van der Waals surface area contributed by atoms with Gasteiger partial charge in [0.15, 0.2) is 0 Å². The van der Waals surface area contributed by atoms with Crippen LogP contribution in [0, 0.1) is 0 Å². The maximum Gasteiger partial charge on any atom is 0.0481 e. The highest BCUT2D eigenvalue weighted by atomic mass is 14.7. The average molecular weight is 442 g/mol. The fourth-order valence-electron chi connectivity index (χ4n) is 4.56. The first kappa shape index (κ1) is 21.7. The maximum absolute atomic E-state index is 4.67. The average Bonchev–Trinajstić information content (AvgIpc) is 2.92. The van der Waals surface area contributed by atoms with Crippen LogP contribution in [-0.2, 0) is 12.8 Å². The molecule has 0 saturated carbocycles. The molecule has 0 aliphatic rings. The van der Waals surface area contributed by atoms with E-state index in [1.54, 1.807) is 0 Å². The second kappa shape index (κ2) is 10.7. The SMILES string of the molecule is c1ccc([C@H](Cc2cncc(C[C@@H](c3ccccc3)c3ccccn3)c2)c2ccccn2)cc1. The molecule has 5 aromatic rings. The molecule has 3 heteroatoms. The molecule has 3 aromatic heterocycles. The van der Waals surface area contributed by atoms with Crippen LogP contribution >= 0.6 is 0 Å². The van der Waals surface area contributed by atoms with Crippen molar-refractivity contribution in [3.05, 3.63) is 162 Å². The minimum absolute atomic E-state index is 0.181. The Morgan fingerprint density at radius 1 is 0.500 bits per heavy atom. The predicted molar refractivity (Wildman–Crippen MR) is 137 cm³/mol. The topological polar surface area (TPSA) is 38.7 Å². The van der Waals surface area contributed by atoms with E-state index in [9.17, 15) is 0 Å². The van der Waals surface area contributed by atoms with Gasteiger partial charge in [-0.05, 0) is 59.4 Å². The Labute approximate surface area is 201 Å². The van der Waals surface area contributed by atoms with E-state index >= 15 is 0 Å². The van der Waals surface area contributed by atoms with Crippen LogP contribution in [0.1, 0.15) is 45.5 Å². The lowest BCUT2D eigenvalue weighted by molar-refractivity contribution is 0.753. The normalized spacial score (nSPS) is 12.7. The van der Waals surface area contributed by atoms with E-state index in [0.29, 0.717) is 0 Å². The summed E-state index contributed by atoms with van der Waals surface area (Å²) < 4.78 is 0. The first-order valence-electron chi connectivity index (χ1n) is 11.7. The quantitative estimate of drug-likeness (QED) is 0.272. The maximum atomic E-state index is 4.67. The molecule has 5 rings (SSSR count). The third-order valence-electron chi connectivity index (χ3n) is 6.22. The van der Waals surface area contributed by atoms with Crippen molar-refractivity contribution in [1.82, 2.24) is 15.0 Å². The summed E-state index contributed by atoms with van der Waals surface area (Å²) in [6.45, 7) is 0. The highest BCUT2D eigenvalue weighted by molar-refractivity contribution is 5.34. The summed E-state index contributed by atoms with van der Waals surface area (Å²) in [6.07, 6.45) is 9.42. The van der Waals surface area contributed by atoms with Gasteiger partial charge < -0.3 is 0 Å². The van der Waals surface area contributed by atoms with E-state index in [1.807, 2.05) is 36.9 Å². The first-order chi connectivity index (χ1) is 16.9. The van der Waals surface area contributed by atoms with Gasteiger partial charge in [0.1, 0.15) is 0 Å². The molecule has 0 unspecified atom stereocenters. The molecule has 0 saturated heterocycles. The fourth-order valence-corrected chi connectivity index (χ4v) is 4.56. The van der Waals surface area contributed by atoms with Gasteiger partial charge in [0, 0.05) is 48.0 Å².